The van der Waals surface area contributed by atoms with E-state index in [2.05, 4.69) is 16.9 Å². The van der Waals surface area contributed by atoms with Crippen LogP contribution in [0.3, 0.4) is 0 Å². The maximum atomic E-state index is 11.6. The number of carbonyl (C=O) groups excluding carboxylic acids is 1. The van der Waals surface area contributed by atoms with Crippen LogP contribution in [-0.4, -0.2) is 24.7 Å². The van der Waals surface area contributed by atoms with Crippen LogP contribution in [0.15, 0.2) is 41.4 Å². The van der Waals surface area contributed by atoms with Crippen molar-refractivity contribution < 1.29 is 4.79 Å². The van der Waals surface area contributed by atoms with Crippen molar-refractivity contribution >= 4 is 12.1 Å². The van der Waals surface area contributed by atoms with Crippen molar-refractivity contribution in [3.05, 3.63) is 36.5 Å². The van der Waals surface area contributed by atoms with E-state index in [0.29, 0.717) is 0 Å². The van der Waals surface area contributed by atoms with E-state index in [0.717, 1.165) is 31.4 Å². The number of aliphatic imine (C=N–C) groups is 1. The fourth-order valence-electron chi connectivity index (χ4n) is 1.60. The van der Waals surface area contributed by atoms with Crippen LogP contribution < -0.4 is 5.32 Å². The molecule has 0 bridgehead atoms. The van der Waals surface area contributed by atoms with Crippen LogP contribution in [0.25, 0.3) is 0 Å². The summed E-state index contributed by atoms with van der Waals surface area (Å²) in [7, 11) is 0. The molecule has 0 aromatic carbocycles. The molecule has 3 heteroatoms. The number of allylic oxidation sites excluding steroid dienone is 5. The van der Waals surface area contributed by atoms with Gasteiger partial charge in [-0.2, -0.15) is 0 Å². The highest BCUT2D eigenvalue weighted by atomic mass is 16.2. The smallest absolute Gasteiger partial charge is 0.244 e. The van der Waals surface area contributed by atoms with Gasteiger partial charge in [-0.1, -0.05) is 30.9 Å². The molecule has 1 unspecified atom stereocenters. The molecule has 1 fully saturated rings. The van der Waals surface area contributed by atoms with Gasteiger partial charge in [0.25, 0.3) is 0 Å². The van der Waals surface area contributed by atoms with Crippen molar-refractivity contribution in [2.24, 2.45) is 4.99 Å². The summed E-state index contributed by atoms with van der Waals surface area (Å²) in [4.78, 5) is 16.0. The Morgan fingerprint density at radius 2 is 2.29 bits per heavy atom. The molecule has 0 aromatic heterocycles. The number of hydrogen-bond donors (Lipinski definition) is 1. The Morgan fingerprint density at radius 1 is 1.47 bits per heavy atom. The van der Waals surface area contributed by atoms with Crippen molar-refractivity contribution in [1.29, 1.82) is 0 Å². The molecule has 1 heterocycles. The Bertz CT molecular complexity index is 353. The third-order valence-corrected chi connectivity index (χ3v) is 2.57. The van der Waals surface area contributed by atoms with Crippen molar-refractivity contribution in [3.63, 3.8) is 0 Å². The van der Waals surface area contributed by atoms with Gasteiger partial charge in [0.2, 0.25) is 5.91 Å². The Morgan fingerprint density at radius 3 is 3.06 bits per heavy atom. The Balaban J connectivity index is 2.56. The van der Waals surface area contributed by atoms with Gasteiger partial charge < -0.3 is 5.32 Å². The zero-order valence-electron chi connectivity index (χ0n) is 10.4. The monoisotopic (exact) mass is 232 g/mol. The summed E-state index contributed by atoms with van der Waals surface area (Å²) in [6.45, 7) is 6.34. The molecule has 0 aliphatic carbocycles. The molecule has 3 nitrogen and oxygen atoms in total. The number of rotatable bonds is 4. The van der Waals surface area contributed by atoms with Crippen LogP contribution in [0.1, 0.15) is 26.2 Å². The average Bonchev–Trinajstić information content (AvgIpc) is 2.52. The lowest BCUT2D eigenvalue weighted by Gasteiger charge is -2.06. The Kier molecular flexibility index (Phi) is 6.00. The van der Waals surface area contributed by atoms with Crippen LogP contribution >= 0.6 is 0 Å². The quantitative estimate of drug-likeness (QED) is 0.587. The predicted octanol–water partition coefficient (Wildman–Crippen LogP) is 2.41. The largest absolute Gasteiger partial charge is 0.354 e. The summed E-state index contributed by atoms with van der Waals surface area (Å²) < 4.78 is 0. The normalized spacial score (nSPS) is 22.8. The summed E-state index contributed by atoms with van der Waals surface area (Å²) in [6, 6.07) is -0.218. The maximum absolute atomic E-state index is 11.6. The van der Waals surface area contributed by atoms with Crippen molar-refractivity contribution in [2.45, 2.75) is 32.2 Å². The molecule has 0 radical (unpaired) electrons. The van der Waals surface area contributed by atoms with Crippen molar-refractivity contribution in [2.75, 3.05) is 6.54 Å². The minimum Gasteiger partial charge on any atom is -0.354 e. The second-order valence-electron chi connectivity index (χ2n) is 4.11. The second-order valence-corrected chi connectivity index (χ2v) is 4.11. The van der Waals surface area contributed by atoms with E-state index in [1.54, 1.807) is 12.3 Å². The van der Waals surface area contributed by atoms with E-state index >= 15 is 0 Å². The van der Waals surface area contributed by atoms with Crippen LogP contribution in [0.4, 0.5) is 0 Å². The molecular formula is C14H20N2O. The Labute approximate surface area is 103 Å². The van der Waals surface area contributed by atoms with Gasteiger partial charge in [-0.15, -0.1) is 0 Å². The highest BCUT2D eigenvalue weighted by Gasteiger charge is 2.18. The van der Waals surface area contributed by atoms with Crippen LogP contribution in [-0.2, 0) is 4.79 Å². The van der Waals surface area contributed by atoms with Crippen LogP contribution in [0.2, 0.25) is 0 Å². The van der Waals surface area contributed by atoms with Crippen LogP contribution in [0.5, 0.6) is 0 Å². The summed E-state index contributed by atoms with van der Waals surface area (Å²) in [6.07, 6.45) is 12.1. The van der Waals surface area contributed by atoms with E-state index < -0.39 is 0 Å². The molecule has 1 rings (SSSR count). The molecule has 1 atom stereocenters. The predicted molar refractivity (Wildman–Crippen MR) is 72.2 cm³/mol. The number of hydrogen-bond acceptors (Lipinski definition) is 2. The summed E-state index contributed by atoms with van der Waals surface area (Å²) in [5.74, 6) is 0.0492. The van der Waals surface area contributed by atoms with Gasteiger partial charge in [-0.05, 0) is 31.8 Å². The molecule has 0 aromatic rings. The molecule has 1 N–H and O–H groups in total. The highest BCUT2D eigenvalue weighted by molar-refractivity contribution is 5.86. The molecule has 0 saturated carbocycles. The van der Waals surface area contributed by atoms with Gasteiger partial charge in [0.15, 0.2) is 0 Å². The van der Waals surface area contributed by atoms with E-state index in [1.165, 1.54) is 0 Å². The zero-order chi connectivity index (χ0) is 12.5. The number of nitrogens with zero attached hydrogens (tertiary/aromatic N) is 1. The highest BCUT2D eigenvalue weighted by Crippen LogP contribution is 2.08. The summed E-state index contributed by atoms with van der Waals surface area (Å²) in [5, 5.41) is 2.87. The van der Waals surface area contributed by atoms with Gasteiger partial charge in [-0.3, -0.25) is 9.79 Å². The first-order valence-corrected chi connectivity index (χ1v) is 6.01. The molecule has 0 spiro atoms. The van der Waals surface area contributed by atoms with Gasteiger partial charge in [0, 0.05) is 12.8 Å². The van der Waals surface area contributed by atoms with E-state index in [-0.39, 0.29) is 11.9 Å². The number of carbonyl (C=O) groups is 1. The molecule has 17 heavy (non-hydrogen) atoms. The molecule has 1 saturated heterocycles. The number of nitrogens with one attached hydrogen (secondary N) is 1. The fourth-order valence-corrected chi connectivity index (χ4v) is 1.60. The third kappa shape index (κ3) is 5.29. The zero-order valence-corrected chi connectivity index (χ0v) is 10.4. The Hall–Kier alpha value is -1.64. The molecule has 1 aliphatic heterocycles. The van der Waals surface area contributed by atoms with E-state index in [9.17, 15) is 4.79 Å². The van der Waals surface area contributed by atoms with Crippen LogP contribution in [0, 0.1) is 0 Å². The summed E-state index contributed by atoms with van der Waals surface area (Å²) in [5.41, 5.74) is 1.03. The number of amides is 1. The second kappa shape index (κ2) is 7.60. The summed E-state index contributed by atoms with van der Waals surface area (Å²) >= 11 is 0. The minimum atomic E-state index is -0.218. The standard InChI is InChI=1S/C14H20N2O/c1-3-4-5-8-12(2)11-16-13-9-6-7-10-15-14(13)17/h3-5,8,11,13H,1,6-7,9-10H2,2H3,(H,15,17)/b5-4-,12-8+,16-11?. The van der Waals surface area contributed by atoms with E-state index in [1.807, 2.05) is 25.2 Å². The first kappa shape index (κ1) is 13.4. The van der Waals surface area contributed by atoms with E-state index in [4.69, 9.17) is 0 Å². The average molecular weight is 232 g/mol. The van der Waals surface area contributed by atoms with Crippen molar-refractivity contribution in [1.82, 2.24) is 5.32 Å². The first-order chi connectivity index (χ1) is 8.24. The lowest BCUT2D eigenvalue weighted by atomic mass is 10.1. The fraction of sp³-hybridized carbons (Fsp3) is 0.429. The molecule has 1 amide bonds. The molecular weight excluding hydrogens is 212 g/mol. The third-order valence-electron chi connectivity index (χ3n) is 2.57. The lowest BCUT2D eigenvalue weighted by Crippen LogP contribution is -2.31. The van der Waals surface area contributed by atoms with Gasteiger partial charge >= 0.3 is 0 Å². The molecule has 92 valence electrons. The minimum absolute atomic E-state index is 0.0492. The first-order valence-electron chi connectivity index (χ1n) is 6.01. The molecule has 1 aliphatic rings. The van der Waals surface area contributed by atoms with Crippen molar-refractivity contribution in [3.8, 4) is 0 Å². The van der Waals surface area contributed by atoms with Gasteiger partial charge in [-0.25, -0.2) is 0 Å². The lowest BCUT2D eigenvalue weighted by molar-refractivity contribution is -0.121. The van der Waals surface area contributed by atoms with Gasteiger partial charge in [0.1, 0.15) is 6.04 Å². The van der Waals surface area contributed by atoms with Gasteiger partial charge in [0.05, 0.1) is 0 Å². The SMILES string of the molecule is C=C/C=C\C=C(/C)C=NC1CCCCNC1=O. The maximum Gasteiger partial charge on any atom is 0.244 e. The topological polar surface area (TPSA) is 41.5 Å².